The zero-order valence-electron chi connectivity index (χ0n) is 21.2. The Morgan fingerprint density at radius 1 is 0.714 bits per heavy atom. The standard InChI is InChI=1S/C24H25N3O14S/c28-13-3-9(4-14(29)19(13)36)23(40)27(24(41)10-5-15(30)20(37)16(31)6-10)12(1-2-17(32)33)22(39)26-11(8-42)21(38)25-7-18(34)35/h3-6,11-12,28-31,36-37,42H,1-2,7-8H2,(H,25,38)(H,26,39)(H,32,33)(H,34,35)/t11-,12-/m0/s1. The summed E-state index contributed by atoms with van der Waals surface area (Å²) in [7, 11) is 0. The number of benzene rings is 2. The topological polar surface area (TPSA) is 292 Å². The van der Waals surface area contributed by atoms with Crippen molar-refractivity contribution in [2.24, 2.45) is 0 Å². The molecule has 17 nitrogen and oxygen atoms in total. The van der Waals surface area contributed by atoms with E-state index >= 15 is 0 Å². The first kappa shape index (κ1) is 32.8. The molecule has 2 rings (SSSR count). The predicted molar refractivity (Wildman–Crippen MR) is 140 cm³/mol. The fourth-order valence-corrected chi connectivity index (χ4v) is 3.75. The van der Waals surface area contributed by atoms with Crippen LogP contribution in [0.5, 0.6) is 34.5 Å². The van der Waals surface area contributed by atoms with Gasteiger partial charge in [0.25, 0.3) is 11.8 Å². The summed E-state index contributed by atoms with van der Waals surface area (Å²) in [6.07, 6.45) is -1.63. The van der Waals surface area contributed by atoms with Crippen molar-refractivity contribution >= 4 is 48.2 Å². The molecule has 0 aromatic heterocycles. The summed E-state index contributed by atoms with van der Waals surface area (Å²) in [6, 6.07) is -1.22. The van der Waals surface area contributed by atoms with E-state index in [2.05, 4.69) is 17.9 Å². The summed E-state index contributed by atoms with van der Waals surface area (Å²) in [5.74, 6) is -14.8. The van der Waals surface area contributed by atoms with E-state index in [1.165, 1.54) is 0 Å². The molecule has 2 aromatic rings. The Kier molecular flexibility index (Phi) is 10.8. The van der Waals surface area contributed by atoms with Gasteiger partial charge < -0.3 is 51.5 Å². The minimum absolute atomic E-state index is 0.138. The summed E-state index contributed by atoms with van der Waals surface area (Å²) in [5.41, 5.74) is -1.41. The number of thiol groups is 1. The highest BCUT2D eigenvalue weighted by atomic mass is 32.1. The first-order valence-corrected chi connectivity index (χ1v) is 12.2. The molecule has 0 heterocycles. The smallest absolute Gasteiger partial charge is 0.322 e. The number of carbonyl (C=O) groups is 6. The van der Waals surface area contributed by atoms with Crippen LogP contribution in [0.25, 0.3) is 0 Å². The van der Waals surface area contributed by atoms with Crippen LogP contribution in [0.4, 0.5) is 0 Å². The van der Waals surface area contributed by atoms with E-state index in [1.807, 2.05) is 5.32 Å². The highest BCUT2D eigenvalue weighted by Gasteiger charge is 2.38. The summed E-state index contributed by atoms with van der Waals surface area (Å²) in [6.45, 7) is -0.841. The molecule has 2 atom stereocenters. The van der Waals surface area contributed by atoms with E-state index in [0.29, 0.717) is 24.3 Å². The zero-order chi connectivity index (χ0) is 31.9. The van der Waals surface area contributed by atoms with Crippen molar-refractivity contribution in [2.75, 3.05) is 12.3 Å². The van der Waals surface area contributed by atoms with Crippen LogP contribution < -0.4 is 10.6 Å². The number of carboxylic acids is 2. The number of aliphatic carboxylic acids is 2. The molecular formula is C24H25N3O14S. The van der Waals surface area contributed by atoms with Gasteiger partial charge in [-0.1, -0.05) is 0 Å². The molecule has 0 saturated heterocycles. The molecule has 0 bridgehead atoms. The lowest BCUT2D eigenvalue weighted by Crippen LogP contribution is -2.57. The van der Waals surface area contributed by atoms with Crippen molar-refractivity contribution in [1.82, 2.24) is 15.5 Å². The van der Waals surface area contributed by atoms with Crippen molar-refractivity contribution in [3.05, 3.63) is 35.4 Å². The average molecular weight is 612 g/mol. The maximum atomic E-state index is 13.6. The lowest BCUT2D eigenvalue weighted by molar-refractivity contribution is -0.138. The van der Waals surface area contributed by atoms with Gasteiger partial charge in [-0.25, -0.2) is 0 Å². The average Bonchev–Trinajstić information content (AvgIpc) is 2.92. The largest absolute Gasteiger partial charge is 0.504 e. The van der Waals surface area contributed by atoms with Gasteiger partial charge in [-0.05, 0) is 30.7 Å². The number of rotatable bonds is 12. The number of aromatic hydroxyl groups is 6. The number of hydrogen-bond donors (Lipinski definition) is 11. The second kappa shape index (κ2) is 13.8. The molecule has 0 unspecified atom stereocenters. The summed E-state index contributed by atoms with van der Waals surface area (Å²) in [5, 5.41) is 81.0. The van der Waals surface area contributed by atoms with Gasteiger partial charge in [0.2, 0.25) is 11.8 Å². The van der Waals surface area contributed by atoms with E-state index < -0.39 is 118 Å². The Balaban J connectivity index is 2.68. The van der Waals surface area contributed by atoms with Crippen LogP contribution in [-0.2, 0) is 19.2 Å². The van der Waals surface area contributed by atoms with Gasteiger partial charge in [0, 0.05) is 23.3 Å². The van der Waals surface area contributed by atoms with Crippen LogP contribution in [0, 0.1) is 0 Å². The third-order valence-electron chi connectivity index (χ3n) is 5.55. The van der Waals surface area contributed by atoms with E-state index in [-0.39, 0.29) is 4.90 Å². The molecule has 0 saturated carbocycles. The fraction of sp³-hybridized carbons (Fsp3) is 0.250. The van der Waals surface area contributed by atoms with Crippen molar-refractivity contribution in [3.63, 3.8) is 0 Å². The van der Waals surface area contributed by atoms with Gasteiger partial charge in [0.05, 0.1) is 0 Å². The lowest BCUT2D eigenvalue weighted by Gasteiger charge is -2.30. The molecule has 0 aliphatic carbocycles. The molecule has 10 N–H and O–H groups in total. The number of carbonyl (C=O) groups excluding carboxylic acids is 4. The SMILES string of the molecule is O=C(O)CC[C@@H](C(=O)N[C@@H](CS)C(=O)NCC(=O)O)N(C(=O)c1cc(O)c(O)c(O)c1)C(=O)c1cc(O)c(O)c(O)c1. The number of carboxylic acid groups (broad SMARTS) is 2. The lowest BCUT2D eigenvalue weighted by atomic mass is 10.0. The van der Waals surface area contributed by atoms with Gasteiger partial charge >= 0.3 is 11.9 Å². The van der Waals surface area contributed by atoms with Crippen LogP contribution in [0.3, 0.4) is 0 Å². The first-order valence-electron chi connectivity index (χ1n) is 11.6. The molecule has 0 spiro atoms. The van der Waals surface area contributed by atoms with Gasteiger partial charge in [0.15, 0.2) is 34.5 Å². The molecule has 0 aliphatic heterocycles. The highest BCUT2D eigenvalue weighted by Crippen LogP contribution is 2.38. The Hall–Kier alpha value is -5.39. The van der Waals surface area contributed by atoms with Crippen molar-refractivity contribution < 1.29 is 69.6 Å². The number of phenols is 6. The van der Waals surface area contributed by atoms with Gasteiger partial charge in [-0.15, -0.1) is 0 Å². The molecule has 226 valence electrons. The van der Waals surface area contributed by atoms with Crippen molar-refractivity contribution in [2.45, 2.75) is 24.9 Å². The van der Waals surface area contributed by atoms with Crippen molar-refractivity contribution in [1.29, 1.82) is 0 Å². The molecule has 18 heteroatoms. The summed E-state index contributed by atoms with van der Waals surface area (Å²) in [4.78, 5) is 75.3. The molecule has 0 radical (unpaired) electrons. The molecular weight excluding hydrogens is 586 g/mol. The third-order valence-corrected chi connectivity index (χ3v) is 5.91. The zero-order valence-corrected chi connectivity index (χ0v) is 22.1. The number of imide groups is 1. The van der Waals surface area contributed by atoms with E-state index in [4.69, 9.17) is 5.11 Å². The number of amides is 4. The Labute approximate surface area is 240 Å². The maximum absolute atomic E-state index is 13.6. The van der Waals surface area contributed by atoms with Crippen LogP contribution >= 0.6 is 12.6 Å². The second-order valence-electron chi connectivity index (χ2n) is 8.51. The number of hydrogen-bond acceptors (Lipinski definition) is 13. The van der Waals surface area contributed by atoms with Crippen LogP contribution in [-0.4, -0.2) is 106 Å². The minimum Gasteiger partial charge on any atom is -0.504 e. The normalized spacial score (nSPS) is 12.0. The Bertz CT molecular complexity index is 1310. The van der Waals surface area contributed by atoms with Gasteiger partial charge in [-0.2, -0.15) is 12.6 Å². The molecule has 0 fully saturated rings. The van der Waals surface area contributed by atoms with E-state index in [1.54, 1.807) is 0 Å². The second-order valence-corrected chi connectivity index (χ2v) is 8.88. The van der Waals surface area contributed by atoms with Crippen molar-refractivity contribution in [3.8, 4) is 34.5 Å². The minimum atomic E-state index is -2.08. The van der Waals surface area contributed by atoms with Crippen LogP contribution in [0.15, 0.2) is 24.3 Å². The van der Waals surface area contributed by atoms with E-state index in [9.17, 15) is 64.5 Å². The Morgan fingerprint density at radius 3 is 1.50 bits per heavy atom. The van der Waals surface area contributed by atoms with Crippen LogP contribution in [0.1, 0.15) is 33.6 Å². The number of phenolic OH excluding ortho intramolecular Hbond substituents is 6. The number of nitrogens with one attached hydrogen (secondary N) is 2. The van der Waals surface area contributed by atoms with Crippen LogP contribution in [0.2, 0.25) is 0 Å². The molecule has 4 amide bonds. The van der Waals surface area contributed by atoms with E-state index in [0.717, 1.165) is 0 Å². The summed E-state index contributed by atoms with van der Waals surface area (Å²) >= 11 is 3.92. The molecule has 0 aliphatic rings. The third kappa shape index (κ3) is 7.84. The van der Waals surface area contributed by atoms with Gasteiger partial charge in [0.1, 0.15) is 18.6 Å². The molecule has 42 heavy (non-hydrogen) atoms. The predicted octanol–water partition coefficient (Wildman–Crippen LogP) is -0.948. The fourth-order valence-electron chi connectivity index (χ4n) is 3.49. The van der Waals surface area contributed by atoms with Gasteiger partial charge in [-0.3, -0.25) is 33.7 Å². The maximum Gasteiger partial charge on any atom is 0.322 e. The molecule has 2 aromatic carbocycles. The monoisotopic (exact) mass is 611 g/mol. The Morgan fingerprint density at radius 2 is 1.14 bits per heavy atom. The quantitative estimate of drug-likeness (QED) is 0.0784. The summed E-state index contributed by atoms with van der Waals surface area (Å²) < 4.78 is 0. The number of nitrogens with zero attached hydrogens (tertiary/aromatic N) is 1. The first-order chi connectivity index (χ1) is 19.6. The highest BCUT2D eigenvalue weighted by molar-refractivity contribution is 7.80.